The number of likely N-dealkylation sites (tertiary alicyclic amines) is 1. The lowest BCUT2D eigenvalue weighted by Gasteiger charge is -2.37. The number of nitrogens with one attached hydrogen (secondary N) is 1. The normalized spacial score (nSPS) is 17.8. The quantitative estimate of drug-likeness (QED) is 0.751. The van der Waals surface area contributed by atoms with Gasteiger partial charge in [0, 0.05) is 19.1 Å². The monoisotopic (exact) mass is 241 g/mol. The smallest absolute Gasteiger partial charge is 0.236 e. The summed E-state index contributed by atoms with van der Waals surface area (Å²) in [5, 5.41) is 3.10. The Morgan fingerprint density at radius 3 is 2.29 bits per heavy atom. The van der Waals surface area contributed by atoms with Crippen LogP contribution in [0.1, 0.15) is 33.6 Å². The number of hydrogen-bond acceptors (Lipinski definition) is 3. The molecule has 1 aliphatic rings. The van der Waals surface area contributed by atoms with E-state index in [9.17, 15) is 4.79 Å². The molecule has 0 aromatic carbocycles. The van der Waals surface area contributed by atoms with Gasteiger partial charge in [0.1, 0.15) is 0 Å². The Bertz CT molecular complexity index is 221. The molecule has 1 heterocycles. The molecular formula is C13H27N3O. The van der Waals surface area contributed by atoms with Crippen LogP contribution in [0.4, 0.5) is 0 Å². The molecule has 0 saturated carbocycles. The Kier molecular flexibility index (Phi) is 6.52. The zero-order chi connectivity index (χ0) is 12.7. The Balaban J connectivity index is 2.32. The fourth-order valence-electron chi connectivity index (χ4n) is 2.56. The summed E-state index contributed by atoms with van der Waals surface area (Å²) in [5.74, 6) is 0.254. The van der Waals surface area contributed by atoms with Crippen molar-refractivity contribution in [3.63, 3.8) is 0 Å². The largest absolute Gasteiger partial charge is 0.341 e. The first kappa shape index (κ1) is 14.5. The van der Waals surface area contributed by atoms with Crippen LogP contribution in [0.2, 0.25) is 0 Å². The van der Waals surface area contributed by atoms with E-state index in [-0.39, 0.29) is 5.91 Å². The minimum Gasteiger partial charge on any atom is -0.341 e. The van der Waals surface area contributed by atoms with Gasteiger partial charge in [-0.05, 0) is 32.5 Å². The van der Waals surface area contributed by atoms with E-state index < -0.39 is 0 Å². The molecule has 0 bridgehead atoms. The second kappa shape index (κ2) is 7.67. The number of carbonyl (C=O) groups is 1. The van der Waals surface area contributed by atoms with Crippen molar-refractivity contribution in [1.29, 1.82) is 0 Å². The van der Waals surface area contributed by atoms with E-state index in [1.54, 1.807) is 0 Å². The van der Waals surface area contributed by atoms with Gasteiger partial charge in [0.15, 0.2) is 0 Å². The summed E-state index contributed by atoms with van der Waals surface area (Å²) >= 11 is 0. The molecule has 17 heavy (non-hydrogen) atoms. The van der Waals surface area contributed by atoms with Crippen LogP contribution in [0, 0.1) is 0 Å². The van der Waals surface area contributed by atoms with Crippen molar-refractivity contribution < 1.29 is 4.79 Å². The van der Waals surface area contributed by atoms with Gasteiger partial charge in [0.05, 0.1) is 6.54 Å². The van der Waals surface area contributed by atoms with Gasteiger partial charge in [0.25, 0.3) is 0 Å². The maximum absolute atomic E-state index is 11.8. The first-order valence-corrected chi connectivity index (χ1v) is 6.95. The molecule has 0 aliphatic carbocycles. The van der Waals surface area contributed by atoms with Gasteiger partial charge in [-0.2, -0.15) is 0 Å². The lowest BCUT2D eigenvalue weighted by Crippen LogP contribution is -2.48. The Hall–Kier alpha value is -0.610. The van der Waals surface area contributed by atoms with Gasteiger partial charge in [-0.3, -0.25) is 4.79 Å². The van der Waals surface area contributed by atoms with Gasteiger partial charge in [-0.15, -0.1) is 0 Å². The van der Waals surface area contributed by atoms with Crippen LogP contribution in [0.25, 0.3) is 0 Å². The third-order valence-corrected chi connectivity index (χ3v) is 3.67. The molecule has 1 rings (SSSR count). The van der Waals surface area contributed by atoms with Gasteiger partial charge in [0.2, 0.25) is 5.91 Å². The van der Waals surface area contributed by atoms with E-state index >= 15 is 0 Å². The third-order valence-electron chi connectivity index (χ3n) is 3.67. The van der Waals surface area contributed by atoms with Crippen LogP contribution in [0.15, 0.2) is 0 Å². The maximum atomic E-state index is 11.8. The number of rotatable bonds is 6. The van der Waals surface area contributed by atoms with E-state index in [0.29, 0.717) is 12.6 Å². The Labute approximate surface area is 105 Å². The number of amides is 1. The highest BCUT2D eigenvalue weighted by Gasteiger charge is 2.24. The van der Waals surface area contributed by atoms with Gasteiger partial charge in [-0.1, -0.05) is 20.8 Å². The van der Waals surface area contributed by atoms with Crippen molar-refractivity contribution in [1.82, 2.24) is 15.1 Å². The Morgan fingerprint density at radius 1 is 1.24 bits per heavy atom. The minimum atomic E-state index is 0.254. The standard InChI is InChI=1S/C13H27N3O/c1-4-14-11-13(17)16-9-7-12(8-10-16)15(5-2)6-3/h12,14H,4-11H2,1-3H3. The molecule has 1 amide bonds. The number of carbonyl (C=O) groups excluding carboxylic acids is 1. The van der Waals surface area contributed by atoms with E-state index in [0.717, 1.165) is 45.6 Å². The molecule has 1 N–H and O–H groups in total. The summed E-state index contributed by atoms with van der Waals surface area (Å²) in [6.45, 7) is 11.9. The fraction of sp³-hybridized carbons (Fsp3) is 0.923. The summed E-state index contributed by atoms with van der Waals surface area (Å²) < 4.78 is 0. The van der Waals surface area contributed by atoms with Crippen LogP contribution in [0.5, 0.6) is 0 Å². The SMILES string of the molecule is CCNCC(=O)N1CCC(N(CC)CC)CC1. The predicted octanol–water partition coefficient (Wildman–Crippen LogP) is 0.929. The summed E-state index contributed by atoms with van der Waals surface area (Å²) in [4.78, 5) is 16.3. The second-order valence-corrected chi connectivity index (χ2v) is 4.61. The molecule has 0 radical (unpaired) electrons. The van der Waals surface area contributed by atoms with Crippen LogP contribution < -0.4 is 5.32 Å². The molecule has 4 nitrogen and oxygen atoms in total. The van der Waals surface area contributed by atoms with Crippen molar-refractivity contribution in [3.05, 3.63) is 0 Å². The molecule has 0 atom stereocenters. The molecule has 4 heteroatoms. The molecule has 1 fully saturated rings. The summed E-state index contributed by atoms with van der Waals surface area (Å²) in [7, 11) is 0. The topological polar surface area (TPSA) is 35.6 Å². The molecule has 1 aliphatic heterocycles. The Morgan fingerprint density at radius 2 is 1.82 bits per heavy atom. The highest BCUT2D eigenvalue weighted by atomic mass is 16.2. The zero-order valence-corrected chi connectivity index (χ0v) is 11.5. The van der Waals surface area contributed by atoms with Crippen molar-refractivity contribution in [3.8, 4) is 0 Å². The highest BCUT2D eigenvalue weighted by Crippen LogP contribution is 2.16. The zero-order valence-electron chi connectivity index (χ0n) is 11.5. The average molecular weight is 241 g/mol. The number of piperidine rings is 1. The molecule has 0 spiro atoms. The van der Waals surface area contributed by atoms with Crippen LogP contribution in [-0.2, 0) is 4.79 Å². The van der Waals surface area contributed by atoms with Crippen LogP contribution in [-0.4, -0.2) is 61.0 Å². The van der Waals surface area contributed by atoms with E-state index in [1.165, 1.54) is 0 Å². The van der Waals surface area contributed by atoms with E-state index in [4.69, 9.17) is 0 Å². The van der Waals surface area contributed by atoms with Crippen molar-refractivity contribution >= 4 is 5.91 Å². The van der Waals surface area contributed by atoms with E-state index in [1.807, 2.05) is 11.8 Å². The molecule has 1 saturated heterocycles. The molecule has 0 aromatic rings. The number of nitrogens with zero attached hydrogens (tertiary/aromatic N) is 2. The predicted molar refractivity (Wildman–Crippen MR) is 71.1 cm³/mol. The van der Waals surface area contributed by atoms with Gasteiger partial charge >= 0.3 is 0 Å². The number of hydrogen-bond donors (Lipinski definition) is 1. The van der Waals surface area contributed by atoms with Crippen molar-refractivity contribution in [2.75, 3.05) is 39.3 Å². The first-order chi connectivity index (χ1) is 8.22. The second-order valence-electron chi connectivity index (χ2n) is 4.61. The summed E-state index contributed by atoms with van der Waals surface area (Å²) in [6, 6.07) is 0.674. The molecule has 100 valence electrons. The van der Waals surface area contributed by atoms with Crippen molar-refractivity contribution in [2.24, 2.45) is 0 Å². The lowest BCUT2D eigenvalue weighted by atomic mass is 10.0. The average Bonchev–Trinajstić information content (AvgIpc) is 2.38. The summed E-state index contributed by atoms with van der Waals surface area (Å²) in [6.07, 6.45) is 2.25. The summed E-state index contributed by atoms with van der Waals surface area (Å²) in [5.41, 5.74) is 0. The number of likely N-dealkylation sites (N-methyl/N-ethyl adjacent to an activating group) is 1. The van der Waals surface area contributed by atoms with E-state index in [2.05, 4.69) is 24.1 Å². The molecule has 0 aromatic heterocycles. The third kappa shape index (κ3) is 4.28. The maximum Gasteiger partial charge on any atom is 0.236 e. The highest BCUT2D eigenvalue weighted by molar-refractivity contribution is 5.78. The first-order valence-electron chi connectivity index (χ1n) is 6.95. The minimum absolute atomic E-state index is 0.254. The van der Waals surface area contributed by atoms with Gasteiger partial charge < -0.3 is 15.1 Å². The van der Waals surface area contributed by atoms with Crippen molar-refractivity contribution in [2.45, 2.75) is 39.7 Å². The van der Waals surface area contributed by atoms with Gasteiger partial charge in [-0.25, -0.2) is 0 Å². The van der Waals surface area contributed by atoms with Crippen LogP contribution >= 0.6 is 0 Å². The molecule has 0 unspecified atom stereocenters. The van der Waals surface area contributed by atoms with Crippen LogP contribution in [0.3, 0.4) is 0 Å². The molecular weight excluding hydrogens is 214 g/mol. The lowest BCUT2D eigenvalue weighted by molar-refractivity contribution is -0.131. The fourth-order valence-corrected chi connectivity index (χ4v) is 2.56.